The van der Waals surface area contributed by atoms with E-state index < -0.39 is 0 Å². The van der Waals surface area contributed by atoms with Crippen molar-refractivity contribution in [2.75, 3.05) is 6.61 Å². The van der Waals surface area contributed by atoms with E-state index in [1.165, 1.54) is 17.3 Å². The molecule has 0 saturated carbocycles. The largest absolute Gasteiger partial charge is 0.482 e. The minimum atomic E-state index is -0.169. The molecule has 1 atom stereocenters. The molecule has 5 heteroatoms. The van der Waals surface area contributed by atoms with Crippen molar-refractivity contribution in [1.82, 2.24) is 10.3 Å². The van der Waals surface area contributed by atoms with Gasteiger partial charge in [0, 0.05) is 6.04 Å². The van der Waals surface area contributed by atoms with E-state index in [0.29, 0.717) is 11.4 Å². The molecular weight excluding hydrogens is 292 g/mol. The lowest BCUT2D eigenvalue weighted by atomic mass is 10.0. The molecule has 1 amide bonds. The van der Waals surface area contributed by atoms with E-state index >= 15 is 0 Å². The minimum absolute atomic E-state index is 0.0297. The zero-order chi connectivity index (χ0) is 16.7. The van der Waals surface area contributed by atoms with E-state index in [9.17, 15) is 4.79 Å². The van der Waals surface area contributed by atoms with Crippen LogP contribution in [0.1, 0.15) is 23.7 Å². The number of aliphatic hydroxyl groups excluding tert-OH is 1. The van der Waals surface area contributed by atoms with Gasteiger partial charge in [0.25, 0.3) is 5.91 Å². The molecule has 0 fully saturated rings. The second kappa shape index (κ2) is 8.29. The van der Waals surface area contributed by atoms with Crippen molar-refractivity contribution in [3.8, 4) is 5.75 Å². The molecule has 2 rings (SSSR count). The lowest BCUT2D eigenvalue weighted by Gasteiger charge is -2.15. The standard InChI is InChI=1S/C18H22N2O3/c1-13-5-3-4-6-15(13)9-14(2)20-18(22)12-23-17-8-7-16(11-21)19-10-17/h3-8,10,14,21H,9,11-12H2,1-2H3,(H,20,22). The maximum Gasteiger partial charge on any atom is 0.258 e. The van der Waals surface area contributed by atoms with Gasteiger partial charge in [-0.1, -0.05) is 24.3 Å². The number of benzene rings is 1. The minimum Gasteiger partial charge on any atom is -0.482 e. The molecule has 2 aromatic rings. The van der Waals surface area contributed by atoms with Crippen molar-refractivity contribution in [2.45, 2.75) is 32.9 Å². The van der Waals surface area contributed by atoms with Gasteiger partial charge in [-0.3, -0.25) is 9.78 Å². The van der Waals surface area contributed by atoms with Crippen molar-refractivity contribution in [1.29, 1.82) is 0 Å². The van der Waals surface area contributed by atoms with Crippen LogP contribution in [0.2, 0.25) is 0 Å². The molecule has 1 aromatic carbocycles. The number of amides is 1. The highest BCUT2D eigenvalue weighted by Gasteiger charge is 2.10. The zero-order valence-corrected chi connectivity index (χ0v) is 13.5. The Hall–Kier alpha value is -2.40. The molecule has 23 heavy (non-hydrogen) atoms. The molecule has 0 aliphatic heterocycles. The molecule has 0 bridgehead atoms. The van der Waals surface area contributed by atoms with Crippen molar-refractivity contribution < 1.29 is 14.6 Å². The summed E-state index contributed by atoms with van der Waals surface area (Å²) in [7, 11) is 0. The summed E-state index contributed by atoms with van der Waals surface area (Å²) in [6, 6.07) is 11.5. The van der Waals surface area contributed by atoms with Gasteiger partial charge in [-0.15, -0.1) is 0 Å². The molecule has 0 radical (unpaired) electrons. The molecule has 0 spiro atoms. The molecule has 2 N–H and O–H groups in total. The predicted molar refractivity (Wildman–Crippen MR) is 88.1 cm³/mol. The topological polar surface area (TPSA) is 71.5 Å². The summed E-state index contributed by atoms with van der Waals surface area (Å²) in [5.74, 6) is 0.334. The van der Waals surface area contributed by atoms with Crippen LogP contribution >= 0.6 is 0 Å². The summed E-state index contributed by atoms with van der Waals surface area (Å²) < 4.78 is 5.39. The number of hydrogen-bond acceptors (Lipinski definition) is 4. The van der Waals surface area contributed by atoms with E-state index in [1.807, 2.05) is 19.1 Å². The van der Waals surface area contributed by atoms with Crippen LogP contribution in [-0.2, 0) is 17.8 Å². The lowest BCUT2D eigenvalue weighted by molar-refractivity contribution is -0.123. The number of aromatic nitrogens is 1. The molecule has 1 aromatic heterocycles. The molecule has 0 aliphatic rings. The third-order valence-corrected chi connectivity index (χ3v) is 3.52. The Morgan fingerprint density at radius 3 is 2.74 bits per heavy atom. The van der Waals surface area contributed by atoms with Gasteiger partial charge in [0.05, 0.1) is 18.5 Å². The summed E-state index contributed by atoms with van der Waals surface area (Å²) in [4.78, 5) is 15.9. The monoisotopic (exact) mass is 314 g/mol. The van der Waals surface area contributed by atoms with E-state index in [2.05, 4.69) is 29.4 Å². The van der Waals surface area contributed by atoms with E-state index in [-0.39, 0.29) is 25.2 Å². The first-order chi connectivity index (χ1) is 11.1. The number of carbonyl (C=O) groups excluding carboxylic acids is 1. The molecule has 1 heterocycles. The number of aliphatic hydroxyl groups is 1. The molecule has 122 valence electrons. The van der Waals surface area contributed by atoms with Crippen molar-refractivity contribution in [3.05, 3.63) is 59.4 Å². The quantitative estimate of drug-likeness (QED) is 0.820. The second-order valence-electron chi connectivity index (χ2n) is 5.53. The van der Waals surface area contributed by atoms with Crippen LogP contribution in [0.3, 0.4) is 0 Å². The zero-order valence-electron chi connectivity index (χ0n) is 13.5. The molecule has 0 aliphatic carbocycles. The van der Waals surface area contributed by atoms with Crippen LogP contribution in [0.15, 0.2) is 42.6 Å². The third kappa shape index (κ3) is 5.38. The number of rotatable bonds is 7. The third-order valence-electron chi connectivity index (χ3n) is 3.52. The van der Waals surface area contributed by atoms with E-state index in [0.717, 1.165) is 6.42 Å². The molecular formula is C18H22N2O3. The smallest absolute Gasteiger partial charge is 0.258 e. The Balaban J connectivity index is 1.78. The lowest BCUT2D eigenvalue weighted by Crippen LogP contribution is -2.37. The summed E-state index contributed by atoms with van der Waals surface area (Å²) in [6.45, 7) is 3.87. The predicted octanol–water partition coefficient (Wildman–Crippen LogP) is 2.01. The van der Waals surface area contributed by atoms with Crippen molar-refractivity contribution >= 4 is 5.91 Å². The summed E-state index contributed by atoms with van der Waals surface area (Å²) in [6.07, 6.45) is 2.28. The molecule has 0 saturated heterocycles. The maximum absolute atomic E-state index is 11.9. The Bertz CT molecular complexity index is 641. The van der Waals surface area contributed by atoms with Crippen LogP contribution < -0.4 is 10.1 Å². The van der Waals surface area contributed by atoms with Gasteiger partial charge in [-0.25, -0.2) is 0 Å². The summed E-state index contributed by atoms with van der Waals surface area (Å²) in [5, 5.41) is 11.8. The fourth-order valence-corrected chi connectivity index (χ4v) is 2.28. The number of nitrogens with one attached hydrogen (secondary N) is 1. The van der Waals surface area contributed by atoms with Gasteiger partial charge >= 0.3 is 0 Å². The first-order valence-corrected chi connectivity index (χ1v) is 7.61. The average Bonchev–Trinajstić information content (AvgIpc) is 2.55. The highest BCUT2D eigenvalue weighted by Crippen LogP contribution is 2.10. The van der Waals surface area contributed by atoms with E-state index in [1.54, 1.807) is 12.1 Å². The summed E-state index contributed by atoms with van der Waals surface area (Å²) in [5.41, 5.74) is 3.01. The Morgan fingerprint density at radius 1 is 1.30 bits per heavy atom. The van der Waals surface area contributed by atoms with Gasteiger partial charge in [0.15, 0.2) is 6.61 Å². The normalized spacial score (nSPS) is 11.8. The first kappa shape index (κ1) is 17.0. The molecule has 1 unspecified atom stereocenters. The molecule has 5 nitrogen and oxygen atoms in total. The van der Waals surface area contributed by atoms with Crippen LogP contribution in [0.5, 0.6) is 5.75 Å². The van der Waals surface area contributed by atoms with Crippen LogP contribution in [0.25, 0.3) is 0 Å². The SMILES string of the molecule is Cc1ccccc1CC(C)NC(=O)COc1ccc(CO)nc1. The number of ether oxygens (including phenoxy) is 1. The number of hydrogen-bond donors (Lipinski definition) is 2. The fourth-order valence-electron chi connectivity index (χ4n) is 2.28. The van der Waals surface area contributed by atoms with Crippen LogP contribution in [0, 0.1) is 6.92 Å². The first-order valence-electron chi connectivity index (χ1n) is 7.61. The van der Waals surface area contributed by atoms with Gasteiger partial charge in [0.1, 0.15) is 5.75 Å². The van der Waals surface area contributed by atoms with Gasteiger partial charge in [0.2, 0.25) is 0 Å². The highest BCUT2D eigenvalue weighted by atomic mass is 16.5. The van der Waals surface area contributed by atoms with Gasteiger partial charge in [-0.05, 0) is 43.5 Å². The van der Waals surface area contributed by atoms with Gasteiger partial charge in [-0.2, -0.15) is 0 Å². The number of aryl methyl sites for hydroxylation is 1. The maximum atomic E-state index is 11.9. The number of carbonyl (C=O) groups is 1. The Morgan fingerprint density at radius 2 is 2.09 bits per heavy atom. The number of nitrogens with zero attached hydrogens (tertiary/aromatic N) is 1. The summed E-state index contributed by atoms with van der Waals surface area (Å²) >= 11 is 0. The van der Waals surface area contributed by atoms with Crippen molar-refractivity contribution in [3.63, 3.8) is 0 Å². The van der Waals surface area contributed by atoms with E-state index in [4.69, 9.17) is 9.84 Å². The Labute approximate surface area is 136 Å². The van der Waals surface area contributed by atoms with Crippen LogP contribution in [-0.4, -0.2) is 28.6 Å². The second-order valence-corrected chi connectivity index (χ2v) is 5.53. The number of pyridine rings is 1. The fraction of sp³-hybridized carbons (Fsp3) is 0.333. The average molecular weight is 314 g/mol. The van der Waals surface area contributed by atoms with Crippen molar-refractivity contribution in [2.24, 2.45) is 0 Å². The highest BCUT2D eigenvalue weighted by molar-refractivity contribution is 5.77. The van der Waals surface area contributed by atoms with Gasteiger partial charge < -0.3 is 15.2 Å². The van der Waals surface area contributed by atoms with Crippen LogP contribution in [0.4, 0.5) is 0 Å². The Kier molecular flexibility index (Phi) is 6.11.